The zero-order chi connectivity index (χ0) is 27.6. The molecule has 0 unspecified atom stereocenters. The number of para-hydroxylation sites is 2. The van der Waals surface area contributed by atoms with Gasteiger partial charge in [-0.3, -0.25) is 4.40 Å². The number of imidazole rings is 1. The maximum atomic E-state index is 5.30. The molecule has 3 heteroatoms. The van der Waals surface area contributed by atoms with Gasteiger partial charge in [0.2, 0.25) is 0 Å². The van der Waals surface area contributed by atoms with Crippen LogP contribution in [0, 0.1) is 0 Å². The molecule has 0 aliphatic heterocycles. The van der Waals surface area contributed by atoms with Crippen LogP contribution < -0.4 is 15.9 Å². The molecule has 0 saturated carbocycles. The van der Waals surface area contributed by atoms with Crippen LogP contribution in [-0.2, 0) is 0 Å². The maximum absolute atomic E-state index is 5.30. The standard InChI is InChI=1S/C39H25N2P/c1-3-12-28-24-30(22-20-26(28)10-1)42(31-23-21-27-11-2-4-13-29(27)25-31)37-19-9-17-35-38(37)41-36-18-8-7-15-33(36)32-14-5-6-16-34(32)39(41)40-35/h1-25H. The van der Waals surface area contributed by atoms with Crippen molar-refractivity contribution in [2.45, 2.75) is 0 Å². The lowest BCUT2D eigenvalue weighted by atomic mass is 10.1. The molecule has 0 amide bonds. The SMILES string of the molecule is c1ccc2cc(P(c3ccc4ccccc4c3)c3cccc4nc5c6ccccc6c6ccccc6n5c34)ccc2c1. The van der Waals surface area contributed by atoms with E-state index in [9.17, 15) is 0 Å². The Hall–Kier alpha value is -5.04. The Bertz CT molecular complexity index is 2410. The summed E-state index contributed by atoms with van der Waals surface area (Å²) in [4.78, 5) is 5.30. The minimum atomic E-state index is -0.899. The van der Waals surface area contributed by atoms with Gasteiger partial charge in [-0.05, 0) is 69.7 Å². The molecule has 0 aliphatic carbocycles. The molecule has 0 aliphatic rings. The number of benzene rings is 7. The summed E-state index contributed by atoms with van der Waals surface area (Å²) in [5, 5.41) is 12.7. The molecule has 42 heavy (non-hydrogen) atoms. The summed E-state index contributed by atoms with van der Waals surface area (Å²) in [7, 11) is -0.899. The van der Waals surface area contributed by atoms with E-state index in [1.165, 1.54) is 64.7 Å². The van der Waals surface area contributed by atoms with Crippen LogP contribution in [0.4, 0.5) is 0 Å². The number of rotatable bonds is 3. The van der Waals surface area contributed by atoms with Crippen molar-refractivity contribution in [3.05, 3.63) is 152 Å². The van der Waals surface area contributed by atoms with Crippen LogP contribution in [0.25, 0.3) is 59.9 Å². The summed E-state index contributed by atoms with van der Waals surface area (Å²) in [5.41, 5.74) is 4.43. The van der Waals surface area contributed by atoms with E-state index in [0.717, 1.165) is 11.2 Å². The molecule has 0 saturated heterocycles. The Morgan fingerprint density at radius 1 is 0.452 bits per heavy atom. The normalized spacial score (nSPS) is 12.0. The minimum absolute atomic E-state index is 0.899. The van der Waals surface area contributed by atoms with Crippen LogP contribution in [0.15, 0.2) is 152 Å². The van der Waals surface area contributed by atoms with Crippen LogP contribution in [-0.4, -0.2) is 9.38 Å². The van der Waals surface area contributed by atoms with Gasteiger partial charge in [0.1, 0.15) is 5.65 Å². The van der Waals surface area contributed by atoms with Crippen molar-refractivity contribution in [2.75, 3.05) is 0 Å². The first kappa shape index (κ1) is 23.6. The fourth-order valence-electron chi connectivity index (χ4n) is 6.57. The molecule has 9 rings (SSSR count). The molecular weight excluding hydrogens is 527 g/mol. The Morgan fingerprint density at radius 3 is 1.71 bits per heavy atom. The zero-order valence-electron chi connectivity index (χ0n) is 22.8. The molecule has 0 spiro atoms. The van der Waals surface area contributed by atoms with Crippen molar-refractivity contribution in [1.29, 1.82) is 0 Å². The molecule has 2 aromatic heterocycles. The Labute approximate surface area is 244 Å². The first-order chi connectivity index (χ1) is 20.8. The average molecular weight is 553 g/mol. The van der Waals surface area contributed by atoms with E-state index in [4.69, 9.17) is 4.98 Å². The minimum Gasteiger partial charge on any atom is -0.291 e. The largest absolute Gasteiger partial charge is 0.291 e. The van der Waals surface area contributed by atoms with Gasteiger partial charge in [-0.15, -0.1) is 0 Å². The number of hydrogen-bond donors (Lipinski definition) is 0. The highest BCUT2D eigenvalue weighted by atomic mass is 31.1. The second kappa shape index (κ2) is 9.24. The first-order valence-electron chi connectivity index (χ1n) is 14.3. The lowest BCUT2D eigenvalue weighted by Crippen LogP contribution is -2.22. The van der Waals surface area contributed by atoms with Gasteiger partial charge in [0.25, 0.3) is 0 Å². The van der Waals surface area contributed by atoms with Crippen molar-refractivity contribution in [3.8, 4) is 0 Å². The van der Waals surface area contributed by atoms with Gasteiger partial charge in [0.15, 0.2) is 0 Å². The molecule has 2 heterocycles. The molecule has 2 nitrogen and oxygen atoms in total. The summed E-state index contributed by atoms with van der Waals surface area (Å²) in [6.45, 7) is 0. The molecular formula is C39H25N2P. The lowest BCUT2D eigenvalue weighted by molar-refractivity contribution is 1.32. The Morgan fingerprint density at radius 2 is 1.02 bits per heavy atom. The van der Waals surface area contributed by atoms with E-state index in [1.807, 2.05) is 0 Å². The molecule has 0 atom stereocenters. The van der Waals surface area contributed by atoms with Gasteiger partial charge < -0.3 is 0 Å². The fraction of sp³-hybridized carbons (Fsp3) is 0. The second-order valence-corrected chi connectivity index (χ2v) is 13.1. The van der Waals surface area contributed by atoms with Crippen LogP contribution in [0.2, 0.25) is 0 Å². The van der Waals surface area contributed by atoms with Gasteiger partial charge in [0.05, 0.1) is 16.6 Å². The van der Waals surface area contributed by atoms with Crippen molar-refractivity contribution < 1.29 is 0 Å². The first-order valence-corrected chi connectivity index (χ1v) is 15.7. The predicted molar refractivity (Wildman–Crippen MR) is 181 cm³/mol. The third-order valence-corrected chi connectivity index (χ3v) is 10.9. The van der Waals surface area contributed by atoms with Crippen LogP contribution >= 0.6 is 7.92 Å². The van der Waals surface area contributed by atoms with Crippen molar-refractivity contribution >= 4 is 83.7 Å². The summed E-state index contributed by atoms with van der Waals surface area (Å²) >= 11 is 0. The molecule has 196 valence electrons. The zero-order valence-corrected chi connectivity index (χ0v) is 23.7. The third kappa shape index (κ3) is 3.52. The average Bonchev–Trinajstić information content (AvgIpc) is 3.46. The molecule has 9 aromatic rings. The van der Waals surface area contributed by atoms with E-state index in [2.05, 4.69) is 156 Å². The topological polar surface area (TPSA) is 17.3 Å². The Balaban J connectivity index is 1.43. The van der Waals surface area contributed by atoms with Crippen LogP contribution in [0.1, 0.15) is 0 Å². The number of pyridine rings is 1. The quantitative estimate of drug-likeness (QED) is 0.158. The summed E-state index contributed by atoms with van der Waals surface area (Å²) < 4.78 is 2.42. The smallest absolute Gasteiger partial charge is 0.146 e. The Kier molecular flexibility index (Phi) is 5.20. The van der Waals surface area contributed by atoms with E-state index in [0.29, 0.717) is 0 Å². The van der Waals surface area contributed by atoms with Crippen molar-refractivity contribution in [1.82, 2.24) is 9.38 Å². The molecule has 0 fully saturated rings. The van der Waals surface area contributed by atoms with E-state index in [1.54, 1.807) is 0 Å². The number of nitrogens with zero attached hydrogens (tertiary/aromatic N) is 2. The number of hydrogen-bond acceptors (Lipinski definition) is 1. The molecule has 0 N–H and O–H groups in total. The van der Waals surface area contributed by atoms with Crippen molar-refractivity contribution in [2.24, 2.45) is 0 Å². The summed E-state index contributed by atoms with van der Waals surface area (Å²) in [6, 6.07) is 55.4. The highest BCUT2D eigenvalue weighted by Crippen LogP contribution is 2.39. The third-order valence-electron chi connectivity index (χ3n) is 8.48. The number of aromatic nitrogens is 2. The van der Waals surface area contributed by atoms with Crippen molar-refractivity contribution in [3.63, 3.8) is 0 Å². The molecule has 0 bridgehead atoms. The fourth-order valence-corrected chi connectivity index (χ4v) is 9.07. The van der Waals surface area contributed by atoms with Gasteiger partial charge in [-0.2, -0.15) is 0 Å². The van der Waals surface area contributed by atoms with E-state index in [-0.39, 0.29) is 0 Å². The van der Waals surface area contributed by atoms with E-state index >= 15 is 0 Å². The second-order valence-electron chi connectivity index (χ2n) is 10.9. The van der Waals surface area contributed by atoms with Gasteiger partial charge in [-0.1, -0.05) is 127 Å². The van der Waals surface area contributed by atoms with Gasteiger partial charge in [-0.25, -0.2) is 4.98 Å². The van der Waals surface area contributed by atoms with Gasteiger partial charge >= 0.3 is 0 Å². The highest BCUT2D eigenvalue weighted by molar-refractivity contribution is 7.80. The van der Waals surface area contributed by atoms with E-state index < -0.39 is 7.92 Å². The maximum Gasteiger partial charge on any atom is 0.146 e. The monoisotopic (exact) mass is 552 g/mol. The molecule has 0 radical (unpaired) electrons. The van der Waals surface area contributed by atoms with Crippen LogP contribution in [0.3, 0.4) is 0 Å². The molecule has 7 aromatic carbocycles. The van der Waals surface area contributed by atoms with Crippen LogP contribution in [0.5, 0.6) is 0 Å². The highest BCUT2D eigenvalue weighted by Gasteiger charge is 2.23. The summed E-state index contributed by atoms with van der Waals surface area (Å²) in [5.74, 6) is 0. The number of fused-ring (bicyclic) bond motifs is 10. The summed E-state index contributed by atoms with van der Waals surface area (Å²) in [6.07, 6.45) is 0. The van der Waals surface area contributed by atoms with Gasteiger partial charge in [0, 0.05) is 16.1 Å². The predicted octanol–water partition coefficient (Wildman–Crippen LogP) is 8.86. The lowest BCUT2D eigenvalue weighted by Gasteiger charge is -2.22.